The Morgan fingerprint density at radius 3 is 2.43 bits per heavy atom. The van der Waals surface area contributed by atoms with Crippen molar-refractivity contribution in [2.75, 3.05) is 6.54 Å². The van der Waals surface area contributed by atoms with Crippen molar-refractivity contribution in [1.29, 1.82) is 0 Å². The molecule has 2 aromatic rings. The summed E-state index contributed by atoms with van der Waals surface area (Å²) in [5, 5.41) is 12.8. The second kappa shape index (κ2) is 6.01. The van der Waals surface area contributed by atoms with Gasteiger partial charge in [0.25, 0.3) is 5.91 Å². The van der Waals surface area contributed by atoms with Crippen LogP contribution in [0, 0.1) is 11.6 Å². The molecule has 0 aliphatic carbocycles. The Balaban J connectivity index is 2.04. The Morgan fingerprint density at radius 1 is 1.14 bits per heavy atom. The fourth-order valence-electron chi connectivity index (χ4n) is 1.90. The molecular formula is C16H15F2NO2. The zero-order valence-corrected chi connectivity index (χ0v) is 11.4. The summed E-state index contributed by atoms with van der Waals surface area (Å²) in [4.78, 5) is 11.9. The van der Waals surface area contributed by atoms with E-state index in [0.29, 0.717) is 5.56 Å². The molecule has 0 bridgehead atoms. The number of hydrogen-bond donors (Lipinski definition) is 2. The number of carbonyl (C=O) groups excluding carboxylic acids is 1. The van der Waals surface area contributed by atoms with Crippen molar-refractivity contribution in [2.24, 2.45) is 0 Å². The summed E-state index contributed by atoms with van der Waals surface area (Å²) >= 11 is 0. The van der Waals surface area contributed by atoms with E-state index in [4.69, 9.17) is 0 Å². The average molecular weight is 291 g/mol. The van der Waals surface area contributed by atoms with Crippen LogP contribution in [0.15, 0.2) is 48.5 Å². The minimum absolute atomic E-state index is 0.0754. The van der Waals surface area contributed by atoms with Crippen molar-refractivity contribution in [3.8, 4) is 0 Å². The van der Waals surface area contributed by atoms with Gasteiger partial charge in [-0.1, -0.05) is 18.2 Å². The van der Waals surface area contributed by atoms with Gasteiger partial charge in [0.05, 0.1) is 6.54 Å². The SMILES string of the molecule is CC(O)(CNC(=O)c1cccc(F)c1)c1ccc(F)cc1. The molecular weight excluding hydrogens is 276 g/mol. The lowest BCUT2D eigenvalue weighted by atomic mass is 9.96. The van der Waals surface area contributed by atoms with Crippen LogP contribution in [-0.4, -0.2) is 17.6 Å². The number of benzene rings is 2. The monoisotopic (exact) mass is 291 g/mol. The van der Waals surface area contributed by atoms with E-state index < -0.39 is 23.1 Å². The van der Waals surface area contributed by atoms with Crippen LogP contribution in [0.5, 0.6) is 0 Å². The van der Waals surface area contributed by atoms with E-state index in [2.05, 4.69) is 5.32 Å². The molecule has 0 spiro atoms. The maximum Gasteiger partial charge on any atom is 0.251 e. The lowest BCUT2D eigenvalue weighted by Gasteiger charge is -2.24. The van der Waals surface area contributed by atoms with Gasteiger partial charge in [0, 0.05) is 5.56 Å². The molecule has 0 saturated heterocycles. The molecule has 2 aromatic carbocycles. The van der Waals surface area contributed by atoms with Gasteiger partial charge < -0.3 is 10.4 Å². The molecule has 2 rings (SSSR count). The van der Waals surface area contributed by atoms with E-state index in [1.807, 2.05) is 0 Å². The number of amides is 1. The first-order chi connectivity index (χ1) is 9.88. The molecule has 1 unspecified atom stereocenters. The summed E-state index contributed by atoms with van der Waals surface area (Å²) in [5.41, 5.74) is -0.704. The predicted octanol–water partition coefficient (Wildman–Crippen LogP) is 2.60. The number of carbonyl (C=O) groups is 1. The van der Waals surface area contributed by atoms with Gasteiger partial charge in [0.15, 0.2) is 0 Å². The molecule has 3 nitrogen and oxygen atoms in total. The lowest BCUT2D eigenvalue weighted by molar-refractivity contribution is 0.0526. The van der Waals surface area contributed by atoms with Gasteiger partial charge >= 0.3 is 0 Å². The fraction of sp³-hybridized carbons (Fsp3) is 0.188. The first kappa shape index (κ1) is 15.1. The van der Waals surface area contributed by atoms with Crippen LogP contribution in [-0.2, 0) is 5.60 Å². The third-order valence-corrected chi connectivity index (χ3v) is 3.15. The smallest absolute Gasteiger partial charge is 0.251 e. The zero-order valence-electron chi connectivity index (χ0n) is 11.4. The van der Waals surface area contributed by atoms with Crippen LogP contribution in [0.2, 0.25) is 0 Å². The summed E-state index contributed by atoms with van der Waals surface area (Å²) in [5.74, 6) is -1.40. The molecule has 0 aliphatic rings. The first-order valence-corrected chi connectivity index (χ1v) is 6.41. The van der Waals surface area contributed by atoms with E-state index in [1.54, 1.807) is 0 Å². The molecule has 0 radical (unpaired) electrons. The van der Waals surface area contributed by atoms with Crippen LogP contribution in [0.25, 0.3) is 0 Å². The molecule has 1 amide bonds. The topological polar surface area (TPSA) is 49.3 Å². The summed E-state index contributed by atoms with van der Waals surface area (Å²) in [6.45, 7) is 1.43. The van der Waals surface area contributed by atoms with Crippen molar-refractivity contribution in [2.45, 2.75) is 12.5 Å². The largest absolute Gasteiger partial charge is 0.384 e. The van der Waals surface area contributed by atoms with Gasteiger partial charge in [-0.3, -0.25) is 4.79 Å². The maximum absolute atomic E-state index is 13.0. The third kappa shape index (κ3) is 3.86. The second-order valence-corrected chi connectivity index (χ2v) is 4.97. The fourth-order valence-corrected chi connectivity index (χ4v) is 1.90. The molecule has 0 aliphatic heterocycles. The molecule has 0 aromatic heterocycles. The van der Waals surface area contributed by atoms with Gasteiger partial charge in [-0.25, -0.2) is 8.78 Å². The highest BCUT2D eigenvalue weighted by Gasteiger charge is 2.24. The Hall–Kier alpha value is -2.27. The highest BCUT2D eigenvalue weighted by Crippen LogP contribution is 2.20. The molecule has 0 saturated carbocycles. The Morgan fingerprint density at radius 2 is 1.81 bits per heavy atom. The lowest BCUT2D eigenvalue weighted by Crippen LogP contribution is -2.38. The van der Waals surface area contributed by atoms with E-state index in [1.165, 1.54) is 49.4 Å². The molecule has 110 valence electrons. The summed E-state index contributed by atoms with van der Waals surface area (Å²) in [7, 11) is 0. The van der Waals surface area contributed by atoms with Crippen molar-refractivity contribution in [1.82, 2.24) is 5.32 Å². The number of hydrogen-bond acceptors (Lipinski definition) is 2. The average Bonchev–Trinajstić information content (AvgIpc) is 2.45. The molecule has 21 heavy (non-hydrogen) atoms. The standard InChI is InChI=1S/C16H15F2NO2/c1-16(21,12-5-7-13(17)8-6-12)10-19-15(20)11-3-2-4-14(18)9-11/h2-9,21H,10H2,1H3,(H,19,20). The van der Waals surface area contributed by atoms with Crippen LogP contribution in [0.1, 0.15) is 22.8 Å². The minimum atomic E-state index is -1.35. The molecule has 0 fully saturated rings. The van der Waals surface area contributed by atoms with E-state index >= 15 is 0 Å². The van der Waals surface area contributed by atoms with Crippen LogP contribution < -0.4 is 5.32 Å². The minimum Gasteiger partial charge on any atom is -0.384 e. The number of halogens is 2. The van der Waals surface area contributed by atoms with Gasteiger partial charge in [-0.2, -0.15) is 0 Å². The summed E-state index contributed by atoms with van der Waals surface area (Å²) in [6.07, 6.45) is 0. The first-order valence-electron chi connectivity index (χ1n) is 6.41. The normalized spacial score (nSPS) is 13.5. The van der Waals surface area contributed by atoms with E-state index in [9.17, 15) is 18.7 Å². The second-order valence-electron chi connectivity index (χ2n) is 4.97. The van der Waals surface area contributed by atoms with Crippen molar-refractivity contribution in [3.05, 3.63) is 71.3 Å². The molecule has 5 heteroatoms. The van der Waals surface area contributed by atoms with Gasteiger partial charge in [-0.15, -0.1) is 0 Å². The van der Waals surface area contributed by atoms with Crippen molar-refractivity contribution < 1.29 is 18.7 Å². The molecule has 0 heterocycles. The van der Waals surface area contributed by atoms with Crippen LogP contribution >= 0.6 is 0 Å². The van der Waals surface area contributed by atoms with E-state index in [-0.39, 0.29) is 12.1 Å². The maximum atomic E-state index is 13.0. The Labute approximate surface area is 121 Å². The molecule has 2 N–H and O–H groups in total. The van der Waals surface area contributed by atoms with Crippen LogP contribution in [0.3, 0.4) is 0 Å². The summed E-state index contributed by atoms with van der Waals surface area (Å²) < 4.78 is 25.9. The third-order valence-electron chi connectivity index (χ3n) is 3.15. The van der Waals surface area contributed by atoms with Crippen molar-refractivity contribution >= 4 is 5.91 Å². The number of nitrogens with one attached hydrogen (secondary N) is 1. The highest BCUT2D eigenvalue weighted by molar-refractivity contribution is 5.94. The van der Waals surface area contributed by atoms with Gasteiger partial charge in [0.2, 0.25) is 0 Å². The van der Waals surface area contributed by atoms with E-state index in [0.717, 1.165) is 6.07 Å². The van der Waals surface area contributed by atoms with Crippen LogP contribution in [0.4, 0.5) is 8.78 Å². The van der Waals surface area contributed by atoms with Gasteiger partial charge in [0.1, 0.15) is 17.2 Å². The molecule has 1 atom stereocenters. The quantitative estimate of drug-likeness (QED) is 0.909. The number of aliphatic hydroxyl groups is 1. The van der Waals surface area contributed by atoms with Gasteiger partial charge in [-0.05, 0) is 42.8 Å². The van der Waals surface area contributed by atoms with Crippen molar-refractivity contribution in [3.63, 3.8) is 0 Å². The Bertz CT molecular complexity index is 639. The zero-order chi connectivity index (χ0) is 15.5. The number of rotatable bonds is 4. The summed E-state index contributed by atoms with van der Waals surface area (Å²) in [6, 6.07) is 10.6. The highest BCUT2D eigenvalue weighted by atomic mass is 19.1. The Kier molecular flexibility index (Phi) is 4.33. The predicted molar refractivity (Wildman–Crippen MR) is 74.7 cm³/mol.